The van der Waals surface area contributed by atoms with Crippen LogP contribution in [0.25, 0.3) is 11.0 Å². The second-order valence-corrected chi connectivity index (χ2v) is 8.07. The van der Waals surface area contributed by atoms with Gasteiger partial charge in [-0.3, -0.25) is 0 Å². The topological polar surface area (TPSA) is 17.8 Å². The van der Waals surface area contributed by atoms with Gasteiger partial charge >= 0.3 is 0 Å². The van der Waals surface area contributed by atoms with E-state index in [0.717, 1.165) is 23.3 Å². The molecule has 3 atom stereocenters. The molecule has 1 fully saturated rings. The van der Waals surface area contributed by atoms with Gasteiger partial charge in [-0.05, 0) is 48.0 Å². The lowest BCUT2D eigenvalue weighted by atomic mass is 10.2. The van der Waals surface area contributed by atoms with E-state index in [4.69, 9.17) is 11.6 Å². The third-order valence-electron chi connectivity index (χ3n) is 4.17. The Morgan fingerprint density at radius 3 is 2.90 bits per heavy atom. The first-order valence-electron chi connectivity index (χ1n) is 7.06. The fourth-order valence-corrected chi connectivity index (χ4v) is 4.67. The number of imidazole rings is 1. The fourth-order valence-electron chi connectivity index (χ4n) is 3.21. The molecule has 0 N–H and O–H groups in total. The van der Waals surface area contributed by atoms with Crippen LogP contribution < -0.4 is 0 Å². The van der Waals surface area contributed by atoms with E-state index in [1.54, 1.807) is 12.1 Å². The lowest BCUT2D eigenvalue weighted by Gasteiger charge is -2.23. The Labute approximate surface area is 141 Å². The Hall–Kier alpha value is -0.260. The van der Waals surface area contributed by atoms with E-state index in [9.17, 15) is 4.39 Å². The summed E-state index contributed by atoms with van der Waals surface area (Å²) < 4.78 is 16.6. The third-order valence-corrected chi connectivity index (χ3v) is 6.12. The number of hydrogen-bond donors (Lipinski definition) is 0. The van der Waals surface area contributed by atoms with Crippen molar-refractivity contribution in [2.45, 2.75) is 42.9 Å². The molecule has 6 heteroatoms. The molecule has 1 heterocycles. The van der Waals surface area contributed by atoms with Gasteiger partial charge in [0.05, 0.1) is 20.9 Å². The summed E-state index contributed by atoms with van der Waals surface area (Å²) in [5.74, 6) is 0.589. The molecule has 1 aliphatic carbocycles. The zero-order valence-electron chi connectivity index (χ0n) is 11.9. The minimum atomic E-state index is -0.254. The van der Waals surface area contributed by atoms with Gasteiger partial charge in [0.1, 0.15) is 11.6 Å². The number of fused-ring (bicyclic) bond motifs is 1. The summed E-state index contributed by atoms with van der Waals surface area (Å²) in [4.78, 5) is 4.65. The molecule has 1 aromatic heterocycles. The highest BCUT2D eigenvalue weighted by molar-refractivity contribution is 9.10. The van der Waals surface area contributed by atoms with Gasteiger partial charge in [-0.15, -0.1) is 11.6 Å². The first-order chi connectivity index (χ1) is 10.0. The van der Waals surface area contributed by atoms with Crippen LogP contribution in [0.15, 0.2) is 16.6 Å². The highest BCUT2D eigenvalue weighted by atomic mass is 79.9. The van der Waals surface area contributed by atoms with E-state index in [0.29, 0.717) is 15.8 Å². The van der Waals surface area contributed by atoms with Crippen LogP contribution >= 0.6 is 39.3 Å². The molecule has 2 nitrogen and oxygen atoms in total. The van der Waals surface area contributed by atoms with Crippen LogP contribution in [-0.2, 0) is 0 Å². The molecular weight excluding hydrogens is 375 g/mol. The van der Waals surface area contributed by atoms with E-state index in [-0.39, 0.29) is 11.2 Å². The van der Waals surface area contributed by atoms with Crippen LogP contribution in [0.2, 0.25) is 0 Å². The normalized spacial score (nSPS) is 23.9. The van der Waals surface area contributed by atoms with Gasteiger partial charge in [-0.25, -0.2) is 9.37 Å². The minimum absolute atomic E-state index is 0.192. The van der Waals surface area contributed by atoms with Gasteiger partial charge in [0.2, 0.25) is 0 Å². The SMILES string of the molecule is CSC1CCCC1n1c(C(C)Cl)nc2cc(Br)c(F)cc21. The second-order valence-electron chi connectivity index (χ2n) is 5.48. The molecule has 0 aliphatic heterocycles. The third kappa shape index (κ3) is 2.73. The summed E-state index contributed by atoms with van der Waals surface area (Å²) in [7, 11) is 0. The van der Waals surface area contributed by atoms with Crippen molar-refractivity contribution in [1.82, 2.24) is 9.55 Å². The summed E-state index contributed by atoms with van der Waals surface area (Å²) in [6.45, 7) is 1.92. The van der Waals surface area contributed by atoms with Crippen molar-refractivity contribution in [3.8, 4) is 0 Å². The summed E-state index contributed by atoms with van der Waals surface area (Å²) in [6, 6.07) is 3.67. The van der Waals surface area contributed by atoms with Gasteiger partial charge in [0.15, 0.2) is 0 Å². The molecular formula is C15H17BrClFN2S. The molecule has 0 radical (unpaired) electrons. The average Bonchev–Trinajstić information content (AvgIpc) is 3.02. The molecule has 1 aromatic carbocycles. The first-order valence-corrected chi connectivity index (χ1v) is 9.58. The summed E-state index contributed by atoms with van der Waals surface area (Å²) in [5, 5.41) is 0.352. The summed E-state index contributed by atoms with van der Waals surface area (Å²) in [5.41, 5.74) is 1.65. The minimum Gasteiger partial charge on any atom is -0.322 e. The Morgan fingerprint density at radius 1 is 1.48 bits per heavy atom. The lowest BCUT2D eigenvalue weighted by molar-refractivity contribution is 0.518. The number of alkyl halides is 1. The number of hydrogen-bond acceptors (Lipinski definition) is 2. The Balaban J connectivity index is 2.23. The van der Waals surface area contributed by atoms with Crippen LogP contribution in [0.5, 0.6) is 0 Å². The molecule has 0 amide bonds. The van der Waals surface area contributed by atoms with Crippen molar-refractivity contribution in [2.75, 3.05) is 6.26 Å². The van der Waals surface area contributed by atoms with E-state index in [1.807, 2.05) is 18.7 Å². The first kappa shape index (κ1) is 15.6. The van der Waals surface area contributed by atoms with Crippen molar-refractivity contribution in [1.29, 1.82) is 0 Å². The average molecular weight is 392 g/mol. The number of benzene rings is 1. The van der Waals surface area contributed by atoms with Crippen LogP contribution in [0.4, 0.5) is 4.39 Å². The molecule has 21 heavy (non-hydrogen) atoms. The van der Waals surface area contributed by atoms with E-state index in [2.05, 4.69) is 31.7 Å². The number of halogens is 3. The molecule has 1 saturated carbocycles. The molecule has 2 aromatic rings. The van der Waals surface area contributed by atoms with Crippen molar-refractivity contribution in [3.63, 3.8) is 0 Å². The Bertz CT molecular complexity index is 673. The van der Waals surface area contributed by atoms with E-state index in [1.165, 1.54) is 12.8 Å². The standard InChI is InChI=1S/C15H17BrClFN2S/c1-8(17)15-19-11-6-9(16)10(18)7-13(11)20(15)12-4-3-5-14(12)21-2/h6-8,12,14H,3-5H2,1-2H3. The molecule has 0 bridgehead atoms. The fraction of sp³-hybridized carbons (Fsp3) is 0.533. The molecule has 114 valence electrons. The lowest BCUT2D eigenvalue weighted by Crippen LogP contribution is -2.18. The predicted octanol–water partition coefficient (Wildman–Crippen LogP) is 5.69. The molecule has 3 rings (SSSR count). The quantitative estimate of drug-likeness (QED) is 0.625. The van der Waals surface area contributed by atoms with Crippen LogP contribution in [0, 0.1) is 5.82 Å². The number of nitrogens with zero attached hydrogens (tertiary/aromatic N) is 2. The number of aromatic nitrogens is 2. The molecule has 3 unspecified atom stereocenters. The highest BCUT2D eigenvalue weighted by Gasteiger charge is 2.32. The predicted molar refractivity (Wildman–Crippen MR) is 91.9 cm³/mol. The van der Waals surface area contributed by atoms with E-state index < -0.39 is 0 Å². The zero-order chi connectivity index (χ0) is 15.1. The maximum absolute atomic E-state index is 14.0. The number of thioether (sulfide) groups is 1. The Morgan fingerprint density at radius 2 is 2.24 bits per heavy atom. The van der Waals surface area contributed by atoms with Crippen molar-refractivity contribution < 1.29 is 4.39 Å². The molecule has 0 spiro atoms. The highest BCUT2D eigenvalue weighted by Crippen LogP contribution is 2.41. The van der Waals surface area contributed by atoms with Gasteiger partial charge in [-0.1, -0.05) is 6.42 Å². The van der Waals surface area contributed by atoms with E-state index >= 15 is 0 Å². The van der Waals surface area contributed by atoms with Gasteiger partial charge in [0.25, 0.3) is 0 Å². The summed E-state index contributed by atoms with van der Waals surface area (Å²) in [6.07, 6.45) is 5.64. The zero-order valence-corrected chi connectivity index (χ0v) is 15.1. The van der Waals surface area contributed by atoms with Crippen LogP contribution in [-0.4, -0.2) is 21.1 Å². The van der Waals surface area contributed by atoms with Gasteiger partial charge < -0.3 is 4.57 Å². The largest absolute Gasteiger partial charge is 0.322 e. The Kier molecular flexibility index (Phi) is 4.53. The van der Waals surface area contributed by atoms with Crippen molar-refractivity contribution >= 4 is 50.3 Å². The monoisotopic (exact) mass is 390 g/mol. The van der Waals surface area contributed by atoms with Crippen LogP contribution in [0.1, 0.15) is 43.4 Å². The summed E-state index contributed by atoms with van der Waals surface area (Å²) >= 11 is 11.4. The maximum atomic E-state index is 14.0. The second kappa shape index (κ2) is 6.09. The smallest absolute Gasteiger partial charge is 0.139 e. The number of rotatable bonds is 3. The van der Waals surface area contributed by atoms with Gasteiger partial charge in [0, 0.05) is 17.4 Å². The maximum Gasteiger partial charge on any atom is 0.139 e. The van der Waals surface area contributed by atoms with Crippen LogP contribution in [0.3, 0.4) is 0 Å². The van der Waals surface area contributed by atoms with Crippen molar-refractivity contribution in [2.24, 2.45) is 0 Å². The van der Waals surface area contributed by atoms with Crippen molar-refractivity contribution in [3.05, 3.63) is 28.2 Å². The molecule has 0 saturated heterocycles. The molecule has 1 aliphatic rings. The van der Waals surface area contributed by atoms with Gasteiger partial charge in [-0.2, -0.15) is 11.8 Å².